The summed E-state index contributed by atoms with van der Waals surface area (Å²) in [6.07, 6.45) is 1.23. The van der Waals surface area contributed by atoms with Crippen LogP contribution in [0.4, 0.5) is 0 Å². The number of hydrogen-bond acceptors (Lipinski definition) is 5. The van der Waals surface area contributed by atoms with Gasteiger partial charge in [-0.05, 0) is 13.8 Å². The molecule has 0 radical (unpaired) electrons. The summed E-state index contributed by atoms with van der Waals surface area (Å²) in [5.41, 5.74) is -0.639. The second-order valence-electron chi connectivity index (χ2n) is 3.42. The van der Waals surface area contributed by atoms with Crippen LogP contribution in [0.25, 0.3) is 0 Å². The minimum atomic E-state index is -0.704. The third-order valence-electron chi connectivity index (χ3n) is 1.81. The Hall–Kier alpha value is -1.69. The van der Waals surface area contributed by atoms with Gasteiger partial charge in [-0.3, -0.25) is 4.79 Å². The third-order valence-corrected chi connectivity index (χ3v) is 1.81. The van der Waals surface area contributed by atoms with Crippen molar-refractivity contribution in [1.82, 2.24) is 9.97 Å². The highest BCUT2D eigenvalue weighted by molar-refractivity contribution is 5.88. The maximum atomic E-state index is 11.4. The normalized spacial score (nSPS) is 10.5. The van der Waals surface area contributed by atoms with Crippen molar-refractivity contribution in [2.75, 3.05) is 7.11 Å². The summed E-state index contributed by atoms with van der Waals surface area (Å²) in [6.45, 7) is 3.95. The Morgan fingerprint density at radius 1 is 1.56 bits per heavy atom. The molecule has 1 rings (SSSR count). The molecule has 6 heteroatoms. The van der Waals surface area contributed by atoms with E-state index in [9.17, 15) is 9.59 Å². The SMILES string of the molecule is COC(=O)c1cnc(COC(C)C)[nH]c1=O. The minimum absolute atomic E-state index is 0.0468. The van der Waals surface area contributed by atoms with Crippen LogP contribution in [0.15, 0.2) is 11.0 Å². The van der Waals surface area contributed by atoms with E-state index in [1.54, 1.807) is 0 Å². The summed E-state index contributed by atoms with van der Waals surface area (Å²) >= 11 is 0. The molecule has 1 heterocycles. The zero-order chi connectivity index (χ0) is 12.1. The lowest BCUT2D eigenvalue weighted by Gasteiger charge is -2.06. The number of aromatic nitrogens is 2. The van der Waals surface area contributed by atoms with E-state index in [0.717, 1.165) is 0 Å². The average Bonchev–Trinajstić information content (AvgIpc) is 2.25. The maximum absolute atomic E-state index is 11.4. The molecule has 0 bridgehead atoms. The Morgan fingerprint density at radius 3 is 2.75 bits per heavy atom. The largest absolute Gasteiger partial charge is 0.465 e. The predicted octanol–water partition coefficient (Wildman–Crippen LogP) is 0.481. The number of rotatable bonds is 4. The van der Waals surface area contributed by atoms with Crippen LogP contribution in [0.2, 0.25) is 0 Å². The summed E-state index contributed by atoms with van der Waals surface area (Å²) in [7, 11) is 1.21. The fraction of sp³-hybridized carbons (Fsp3) is 0.500. The quantitative estimate of drug-likeness (QED) is 0.755. The van der Waals surface area contributed by atoms with Crippen molar-refractivity contribution in [3.05, 3.63) is 27.9 Å². The number of nitrogens with one attached hydrogen (secondary N) is 1. The maximum Gasteiger partial charge on any atom is 0.345 e. The van der Waals surface area contributed by atoms with Crippen LogP contribution in [0.1, 0.15) is 30.0 Å². The first-order valence-electron chi connectivity index (χ1n) is 4.82. The van der Waals surface area contributed by atoms with Crippen molar-refractivity contribution < 1.29 is 14.3 Å². The van der Waals surface area contributed by atoms with Crippen LogP contribution in [-0.2, 0) is 16.1 Å². The van der Waals surface area contributed by atoms with E-state index in [1.807, 2.05) is 13.8 Å². The van der Waals surface area contributed by atoms with E-state index in [0.29, 0.717) is 5.82 Å². The van der Waals surface area contributed by atoms with Gasteiger partial charge in [-0.2, -0.15) is 0 Å². The molecule has 1 aromatic heterocycles. The van der Waals surface area contributed by atoms with E-state index < -0.39 is 11.5 Å². The van der Waals surface area contributed by atoms with Gasteiger partial charge >= 0.3 is 5.97 Å². The lowest BCUT2D eigenvalue weighted by atomic mass is 10.3. The van der Waals surface area contributed by atoms with Gasteiger partial charge in [0.05, 0.1) is 13.2 Å². The molecule has 0 amide bonds. The zero-order valence-corrected chi connectivity index (χ0v) is 9.44. The summed E-state index contributed by atoms with van der Waals surface area (Å²) in [5.74, 6) is -0.323. The molecule has 0 aliphatic rings. The Morgan fingerprint density at radius 2 is 2.25 bits per heavy atom. The molecule has 0 unspecified atom stereocenters. The first-order chi connectivity index (χ1) is 7.54. The molecule has 0 saturated carbocycles. The average molecular weight is 226 g/mol. The molecular weight excluding hydrogens is 212 g/mol. The van der Waals surface area contributed by atoms with Gasteiger partial charge in [-0.1, -0.05) is 0 Å². The van der Waals surface area contributed by atoms with Crippen molar-refractivity contribution in [3.8, 4) is 0 Å². The van der Waals surface area contributed by atoms with E-state index in [4.69, 9.17) is 4.74 Å². The van der Waals surface area contributed by atoms with Gasteiger partial charge in [0.25, 0.3) is 5.56 Å². The first-order valence-corrected chi connectivity index (χ1v) is 4.82. The molecule has 0 aromatic carbocycles. The van der Waals surface area contributed by atoms with E-state index in [-0.39, 0.29) is 18.3 Å². The number of H-pyrrole nitrogens is 1. The van der Waals surface area contributed by atoms with Gasteiger partial charge in [0.1, 0.15) is 18.0 Å². The number of ether oxygens (including phenoxy) is 2. The molecule has 1 N–H and O–H groups in total. The number of hydrogen-bond donors (Lipinski definition) is 1. The summed E-state index contributed by atoms with van der Waals surface area (Å²) in [6, 6.07) is 0. The number of nitrogens with zero attached hydrogens (tertiary/aromatic N) is 1. The Bertz CT molecular complexity index is 425. The number of aromatic amines is 1. The van der Waals surface area contributed by atoms with Gasteiger partial charge in [-0.15, -0.1) is 0 Å². The monoisotopic (exact) mass is 226 g/mol. The fourth-order valence-electron chi connectivity index (χ4n) is 1.01. The molecule has 0 saturated heterocycles. The molecular formula is C10H14N2O4. The Balaban J connectivity index is 2.83. The zero-order valence-electron chi connectivity index (χ0n) is 9.44. The van der Waals surface area contributed by atoms with Gasteiger partial charge in [0.15, 0.2) is 0 Å². The highest BCUT2D eigenvalue weighted by Crippen LogP contribution is 1.97. The van der Waals surface area contributed by atoms with Gasteiger partial charge in [-0.25, -0.2) is 9.78 Å². The number of methoxy groups -OCH3 is 1. The van der Waals surface area contributed by atoms with Crippen LogP contribution >= 0.6 is 0 Å². The standard InChI is InChI=1S/C10H14N2O4/c1-6(2)16-5-8-11-4-7(9(13)12-8)10(14)15-3/h4,6H,5H2,1-3H3,(H,11,12,13). The van der Waals surface area contributed by atoms with Crippen LogP contribution in [0.5, 0.6) is 0 Å². The molecule has 0 aliphatic heterocycles. The molecule has 0 aliphatic carbocycles. The van der Waals surface area contributed by atoms with Crippen LogP contribution in [0.3, 0.4) is 0 Å². The van der Waals surface area contributed by atoms with Gasteiger partial charge < -0.3 is 14.5 Å². The predicted molar refractivity (Wildman–Crippen MR) is 56.1 cm³/mol. The number of esters is 1. The van der Waals surface area contributed by atoms with Crippen LogP contribution in [-0.4, -0.2) is 29.2 Å². The molecule has 88 valence electrons. The van der Waals surface area contributed by atoms with E-state index in [2.05, 4.69) is 14.7 Å². The molecule has 0 atom stereocenters. The summed E-state index contributed by atoms with van der Waals surface area (Å²) in [4.78, 5) is 28.9. The topological polar surface area (TPSA) is 81.3 Å². The smallest absolute Gasteiger partial charge is 0.345 e. The highest BCUT2D eigenvalue weighted by Gasteiger charge is 2.11. The van der Waals surface area contributed by atoms with Crippen molar-refractivity contribution in [3.63, 3.8) is 0 Å². The van der Waals surface area contributed by atoms with Crippen molar-refractivity contribution >= 4 is 5.97 Å². The second-order valence-corrected chi connectivity index (χ2v) is 3.42. The fourth-order valence-corrected chi connectivity index (χ4v) is 1.01. The summed E-state index contributed by atoms with van der Waals surface area (Å²) in [5, 5.41) is 0. The van der Waals surface area contributed by atoms with Crippen molar-refractivity contribution in [2.24, 2.45) is 0 Å². The number of carbonyl (C=O) groups is 1. The van der Waals surface area contributed by atoms with Crippen molar-refractivity contribution in [2.45, 2.75) is 26.6 Å². The van der Waals surface area contributed by atoms with Crippen LogP contribution < -0.4 is 5.56 Å². The molecule has 0 fully saturated rings. The molecule has 0 spiro atoms. The van der Waals surface area contributed by atoms with Gasteiger partial charge in [0.2, 0.25) is 0 Å². The molecule has 6 nitrogen and oxygen atoms in total. The lowest BCUT2D eigenvalue weighted by molar-refractivity contribution is 0.0583. The van der Waals surface area contributed by atoms with Gasteiger partial charge in [0, 0.05) is 6.20 Å². The second kappa shape index (κ2) is 5.41. The van der Waals surface area contributed by atoms with Crippen molar-refractivity contribution in [1.29, 1.82) is 0 Å². The highest BCUT2D eigenvalue weighted by atomic mass is 16.5. The third kappa shape index (κ3) is 3.16. The first kappa shape index (κ1) is 12.4. The molecule has 1 aromatic rings. The lowest BCUT2D eigenvalue weighted by Crippen LogP contribution is -2.21. The van der Waals surface area contributed by atoms with E-state index >= 15 is 0 Å². The molecule has 16 heavy (non-hydrogen) atoms. The van der Waals surface area contributed by atoms with Crippen LogP contribution in [0, 0.1) is 0 Å². The van der Waals surface area contributed by atoms with E-state index in [1.165, 1.54) is 13.3 Å². The number of carbonyl (C=O) groups excluding carboxylic acids is 1. The Labute approximate surface area is 92.6 Å². The Kier molecular flexibility index (Phi) is 4.19. The summed E-state index contributed by atoms with van der Waals surface area (Å²) < 4.78 is 9.69. The minimum Gasteiger partial charge on any atom is -0.465 e.